The Labute approximate surface area is 155 Å². The van der Waals surface area contributed by atoms with Crippen molar-refractivity contribution in [2.24, 2.45) is 0 Å². The van der Waals surface area contributed by atoms with Crippen LogP contribution in [0.1, 0.15) is 24.2 Å². The van der Waals surface area contributed by atoms with Gasteiger partial charge >= 0.3 is 0 Å². The van der Waals surface area contributed by atoms with Gasteiger partial charge in [-0.15, -0.1) is 0 Å². The van der Waals surface area contributed by atoms with Crippen molar-refractivity contribution in [2.75, 3.05) is 18.5 Å². The Hall–Kier alpha value is -2.59. The molecule has 146 valence electrons. The zero-order valence-electron chi connectivity index (χ0n) is 14.6. The predicted octanol–water partition coefficient (Wildman–Crippen LogP) is 2.89. The molecule has 1 amide bonds. The maximum absolute atomic E-state index is 13.6. The van der Waals surface area contributed by atoms with Crippen molar-refractivity contribution >= 4 is 21.6 Å². The predicted molar refractivity (Wildman–Crippen MR) is 94.0 cm³/mol. The molecule has 0 aromatic heterocycles. The average Bonchev–Trinajstić information content (AvgIpc) is 2.66. The third-order valence-electron chi connectivity index (χ3n) is 3.79. The van der Waals surface area contributed by atoms with Crippen molar-refractivity contribution in [2.45, 2.75) is 18.7 Å². The number of carbonyl (C=O) groups is 1. The van der Waals surface area contributed by atoms with E-state index >= 15 is 0 Å². The first-order chi connectivity index (χ1) is 12.7. The summed E-state index contributed by atoms with van der Waals surface area (Å²) in [5.41, 5.74) is 3.76. The van der Waals surface area contributed by atoms with Crippen LogP contribution in [0, 0.1) is 17.5 Å². The van der Waals surface area contributed by atoms with Crippen LogP contribution in [0.4, 0.5) is 18.9 Å². The van der Waals surface area contributed by atoms with Gasteiger partial charge in [0.1, 0.15) is 0 Å². The summed E-state index contributed by atoms with van der Waals surface area (Å²) in [6, 6.07) is 6.89. The average molecular weight is 401 g/mol. The largest absolute Gasteiger partial charge is 0.295 e. The van der Waals surface area contributed by atoms with Gasteiger partial charge in [0.05, 0.1) is 10.6 Å². The number of rotatable bonds is 7. The first kappa shape index (κ1) is 20.7. The fourth-order valence-corrected chi connectivity index (χ4v) is 3.83. The third-order valence-corrected chi connectivity index (χ3v) is 5.83. The van der Waals surface area contributed by atoms with E-state index in [1.165, 1.54) is 28.6 Å². The van der Waals surface area contributed by atoms with E-state index in [4.69, 9.17) is 0 Å². The lowest BCUT2D eigenvalue weighted by Gasteiger charge is -2.18. The lowest BCUT2D eigenvalue weighted by molar-refractivity contribution is 0.0962. The van der Waals surface area contributed by atoms with E-state index in [1.54, 1.807) is 13.8 Å². The molecule has 0 saturated heterocycles. The third kappa shape index (κ3) is 4.40. The number of nitrogens with one attached hydrogen (secondary N) is 2. The number of nitrogens with zero attached hydrogens (tertiary/aromatic N) is 1. The summed E-state index contributed by atoms with van der Waals surface area (Å²) in [6.45, 7) is 3.92. The molecule has 27 heavy (non-hydrogen) atoms. The van der Waals surface area contributed by atoms with Crippen LogP contribution < -0.4 is 10.9 Å². The number of amides is 1. The van der Waals surface area contributed by atoms with Gasteiger partial charge in [-0.3, -0.25) is 15.6 Å². The highest BCUT2D eigenvalue weighted by atomic mass is 32.2. The summed E-state index contributed by atoms with van der Waals surface area (Å²) in [7, 11) is -3.76. The first-order valence-electron chi connectivity index (χ1n) is 8.02. The van der Waals surface area contributed by atoms with Crippen LogP contribution in [0.15, 0.2) is 41.3 Å². The minimum atomic E-state index is -3.76. The molecule has 2 N–H and O–H groups in total. The van der Waals surface area contributed by atoms with Crippen LogP contribution in [0.25, 0.3) is 0 Å². The van der Waals surface area contributed by atoms with E-state index in [0.717, 1.165) is 6.07 Å². The second kappa shape index (κ2) is 8.40. The van der Waals surface area contributed by atoms with Crippen molar-refractivity contribution in [1.82, 2.24) is 9.73 Å². The molecule has 0 fully saturated rings. The molecular weight excluding hydrogens is 383 g/mol. The van der Waals surface area contributed by atoms with Gasteiger partial charge in [0.15, 0.2) is 17.5 Å². The molecule has 0 aliphatic rings. The van der Waals surface area contributed by atoms with Crippen LogP contribution in [-0.2, 0) is 10.0 Å². The van der Waals surface area contributed by atoms with Gasteiger partial charge in [0.2, 0.25) is 10.0 Å². The molecule has 0 bridgehead atoms. The Balaban J connectivity index is 2.20. The van der Waals surface area contributed by atoms with E-state index in [1.807, 2.05) is 0 Å². The highest BCUT2D eigenvalue weighted by Gasteiger charge is 2.22. The van der Waals surface area contributed by atoms with E-state index < -0.39 is 39.1 Å². The number of halogens is 3. The number of carbonyl (C=O) groups excluding carboxylic acids is 1. The van der Waals surface area contributed by atoms with Gasteiger partial charge in [-0.05, 0) is 30.3 Å². The molecule has 0 atom stereocenters. The molecular formula is C17H18F3N3O3S. The Morgan fingerprint density at radius 3 is 2.33 bits per heavy atom. The van der Waals surface area contributed by atoms with Crippen molar-refractivity contribution < 1.29 is 26.4 Å². The summed E-state index contributed by atoms with van der Waals surface area (Å²) >= 11 is 0. The van der Waals surface area contributed by atoms with Crippen LogP contribution >= 0.6 is 0 Å². The monoisotopic (exact) mass is 401 g/mol. The molecule has 0 unspecified atom stereocenters. The number of benzene rings is 2. The van der Waals surface area contributed by atoms with E-state index in [2.05, 4.69) is 10.9 Å². The van der Waals surface area contributed by atoms with E-state index in [0.29, 0.717) is 6.07 Å². The summed E-state index contributed by atoms with van der Waals surface area (Å²) in [5, 5.41) is 0. The fourth-order valence-electron chi connectivity index (χ4n) is 2.33. The number of sulfonamides is 1. The fraction of sp³-hybridized carbons (Fsp3) is 0.235. The molecule has 0 spiro atoms. The minimum absolute atomic E-state index is 0.0151. The van der Waals surface area contributed by atoms with Crippen molar-refractivity contribution in [3.8, 4) is 0 Å². The zero-order chi connectivity index (χ0) is 20.2. The smallest absolute Gasteiger partial charge is 0.269 e. The Morgan fingerprint density at radius 1 is 1.04 bits per heavy atom. The molecule has 10 heteroatoms. The summed E-state index contributed by atoms with van der Waals surface area (Å²) < 4.78 is 66.0. The molecule has 0 radical (unpaired) electrons. The SMILES string of the molecule is CCN(CC)S(=O)(=O)c1cccc(C(=O)NNc2ccc(F)c(F)c2F)c1. The molecule has 2 aromatic rings. The van der Waals surface area contributed by atoms with Gasteiger partial charge < -0.3 is 0 Å². The van der Waals surface area contributed by atoms with Crippen LogP contribution in [0.3, 0.4) is 0 Å². The first-order valence-corrected chi connectivity index (χ1v) is 9.46. The molecule has 0 aliphatic heterocycles. The maximum atomic E-state index is 13.6. The minimum Gasteiger partial charge on any atom is -0.295 e. The standard InChI is InChI=1S/C17H18F3N3O3S/c1-3-23(4-2)27(25,26)12-7-5-6-11(10-12)17(24)22-21-14-9-8-13(18)15(19)16(14)20/h5-10,21H,3-4H2,1-2H3,(H,22,24). The lowest BCUT2D eigenvalue weighted by Crippen LogP contribution is -2.32. The number of hydrazine groups is 1. The normalized spacial score (nSPS) is 11.5. The van der Waals surface area contributed by atoms with Gasteiger partial charge in [-0.2, -0.15) is 4.31 Å². The molecule has 0 aliphatic carbocycles. The summed E-state index contributed by atoms with van der Waals surface area (Å²) in [6.07, 6.45) is 0. The highest BCUT2D eigenvalue weighted by Crippen LogP contribution is 2.19. The van der Waals surface area contributed by atoms with Crippen LogP contribution in [0.2, 0.25) is 0 Å². The van der Waals surface area contributed by atoms with Crippen molar-refractivity contribution in [1.29, 1.82) is 0 Å². The second-order valence-corrected chi connectivity index (χ2v) is 7.36. The van der Waals surface area contributed by atoms with E-state index in [-0.39, 0.29) is 23.5 Å². The lowest BCUT2D eigenvalue weighted by atomic mass is 10.2. The molecule has 0 saturated carbocycles. The molecule has 2 rings (SSSR count). The van der Waals surface area contributed by atoms with E-state index in [9.17, 15) is 26.4 Å². The maximum Gasteiger partial charge on any atom is 0.269 e. The topological polar surface area (TPSA) is 78.5 Å². The van der Waals surface area contributed by atoms with Gasteiger partial charge in [-0.1, -0.05) is 19.9 Å². The summed E-state index contributed by atoms with van der Waals surface area (Å²) in [5.74, 6) is -5.32. The Kier molecular flexibility index (Phi) is 6.45. The van der Waals surface area contributed by atoms with Crippen molar-refractivity contribution in [3.63, 3.8) is 0 Å². The zero-order valence-corrected chi connectivity index (χ0v) is 15.4. The second-order valence-electron chi connectivity index (χ2n) is 5.42. The number of anilines is 1. The quantitative estimate of drug-likeness (QED) is 0.552. The number of hydrogen-bond acceptors (Lipinski definition) is 4. The van der Waals surface area contributed by atoms with Gasteiger partial charge in [0, 0.05) is 18.7 Å². The molecule has 2 aromatic carbocycles. The highest BCUT2D eigenvalue weighted by molar-refractivity contribution is 7.89. The Morgan fingerprint density at radius 2 is 1.70 bits per heavy atom. The number of hydrogen-bond donors (Lipinski definition) is 2. The summed E-state index contributed by atoms with van der Waals surface area (Å²) in [4.78, 5) is 12.1. The van der Waals surface area contributed by atoms with Crippen LogP contribution in [0.5, 0.6) is 0 Å². The molecule has 6 nitrogen and oxygen atoms in total. The van der Waals surface area contributed by atoms with Crippen LogP contribution in [-0.4, -0.2) is 31.7 Å². The van der Waals surface area contributed by atoms with Crippen molar-refractivity contribution in [3.05, 3.63) is 59.4 Å². The Bertz CT molecular complexity index is 948. The van der Waals surface area contributed by atoms with Gasteiger partial charge in [0.25, 0.3) is 5.91 Å². The van der Waals surface area contributed by atoms with Gasteiger partial charge in [-0.25, -0.2) is 21.6 Å². The molecule has 0 heterocycles.